The first-order valence-corrected chi connectivity index (χ1v) is 4.41. The predicted molar refractivity (Wildman–Crippen MR) is 58.0 cm³/mol. The number of anilines is 1. The summed E-state index contributed by atoms with van der Waals surface area (Å²) in [6.45, 7) is 0.527. The molecule has 0 saturated carbocycles. The van der Waals surface area contributed by atoms with Crippen LogP contribution >= 0.6 is 0 Å². The van der Waals surface area contributed by atoms with Crippen LogP contribution in [-0.4, -0.2) is 16.5 Å². The number of hydrogen-bond acceptors (Lipinski definition) is 5. The van der Waals surface area contributed by atoms with Crippen LogP contribution in [-0.2, 0) is 0 Å². The summed E-state index contributed by atoms with van der Waals surface area (Å²) in [4.78, 5) is 13.7. The fourth-order valence-corrected chi connectivity index (χ4v) is 1.06. The lowest BCUT2D eigenvalue weighted by molar-refractivity contribution is -0.384. The van der Waals surface area contributed by atoms with Crippen molar-refractivity contribution in [2.45, 2.75) is 6.42 Å². The zero-order valence-electron chi connectivity index (χ0n) is 8.09. The molecule has 0 radical (unpaired) electrons. The number of rotatable bonds is 4. The number of nitrogen functional groups attached to an aromatic ring is 1. The van der Waals surface area contributed by atoms with Gasteiger partial charge < -0.3 is 11.5 Å². The van der Waals surface area contributed by atoms with Crippen LogP contribution in [0.25, 0.3) is 6.08 Å². The van der Waals surface area contributed by atoms with Gasteiger partial charge in [0.25, 0.3) is 0 Å². The first-order chi connectivity index (χ1) is 7.16. The molecule has 15 heavy (non-hydrogen) atoms. The van der Waals surface area contributed by atoms with Crippen LogP contribution < -0.4 is 11.5 Å². The van der Waals surface area contributed by atoms with Crippen molar-refractivity contribution < 1.29 is 4.92 Å². The predicted octanol–water partition coefficient (Wildman–Crippen LogP) is 0.934. The van der Waals surface area contributed by atoms with E-state index in [4.69, 9.17) is 11.5 Å². The molecule has 0 saturated heterocycles. The number of nitrogens with zero attached hydrogens (tertiary/aromatic N) is 2. The van der Waals surface area contributed by atoms with Gasteiger partial charge in [0.15, 0.2) is 0 Å². The van der Waals surface area contributed by atoms with Crippen molar-refractivity contribution in [1.82, 2.24) is 4.98 Å². The molecule has 0 aliphatic carbocycles. The van der Waals surface area contributed by atoms with Crippen LogP contribution in [0.15, 0.2) is 18.5 Å². The Morgan fingerprint density at radius 3 is 2.87 bits per heavy atom. The average Bonchev–Trinajstić information content (AvgIpc) is 2.20. The highest BCUT2D eigenvalue weighted by molar-refractivity contribution is 5.71. The van der Waals surface area contributed by atoms with Crippen LogP contribution in [0.3, 0.4) is 0 Å². The molecule has 6 heteroatoms. The summed E-state index contributed by atoms with van der Waals surface area (Å²) >= 11 is 0. The number of hydrogen-bond donors (Lipinski definition) is 2. The van der Waals surface area contributed by atoms with Crippen LogP contribution in [0, 0.1) is 10.1 Å². The van der Waals surface area contributed by atoms with E-state index in [0.29, 0.717) is 18.5 Å². The van der Waals surface area contributed by atoms with E-state index < -0.39 is 4.92 Å². The Morgan fingerprint density at radius 2 is 2.27 bits per heavy atom. The van der Waals surface area contributed by atoms with Gasteiger partial charge in [-0.15, -0.1) is 0 Å². The van der Waals surface area contributed by atoms with Crippen LogP contribution in [0.2, 0.25) is 0 Å². The maximum absolute atomic E-state index is 10.5. The van der Waals surface area contributed by atoms with E-state index in [2.05, 4.69) is 4.98 Å². The Balaban J connectivity index is 2.99. The Labute approximate surface area is 86.8 Å². The zero-order valence-corrected chi connectivity index (χ0v) is 8.09. The smallest absolute Gasteiger partial charge is 0.310 e. The molecule has 0 aliphatic heterocycles. The zero-order chi connectivity index (χ0) is 11.3. The molecule has 0 bridgehead atoms. The fraction of sp³-hybridized carbons (Fsp3) is 0.222. The minimum atomic E-state index is -0.553. The Hall–Kier alpha value is -1.95. The molecular weight excluding hydrogens is 196 g/mol. The van der Waals surface area contributed by atoms with Crippen LogP contribution in [0.5, 0.6) is 0 Å². The fourth-order valence-electron chi connectivity index (χ4n) is 1.06. The van der Waals surface area contributed by atoms with Gasteiger partial charge in [0.2, 0.25) is 0 Å². The Bertz CT molecular complexity index is 390. The monoisotopic (exact) mass is 208 g/mol. The largest absolute Gasteiger partial charge is 0.393 e. The van der Waals surface area contributed by atoms with Gasteiger partial charge in [-0.2, -0.15) is 0 Å². The normalized spacial score (nSPS) is 10.7. The first kappa shape index (κ1) is 11.1. The summed E-state index contributed by atoms with van der Waals surface area (Å²) in [5, 5.41) is 10.5. The first-order valence-electron chi connectivity index (χ1n) is 4.41. The Morgan fingerprint density at radius 1 is 1.53 bits per heavy atom. The highest BCUT2D eigenvalue weighted by Crippen LogP contribution is 2.24. The summed E-state index contributed by atoms with van der Waals surface area (Å²) in [6, 6.07) is 0. The molecule has 0 aliphatic rings. The maximum Gasteiger partial charge on any atom is 0.310 e. The van der Waals surface area contributed by atoms with Crippen LogP contribution in [0.4, 0.5) is 11.4 Å². The molecule has 80 valence electrons. The molecule has 6 nitrogen and oxygen atoms in total. The third-order valence-corrected chi connectivity index (χ3v) is 1.82. The van der Waals surface area contributed by atoms with Crippen LogP contribution in [0.1, 0.15) is 12.0 Å². The van der Waals surface area contributed by atoms with E-state index in [0.717, 1.165) is 6.20 Å². The van der Waals surface area contributed by atoms with E-state index in [-0.39, 0.29) is 11.4 Å². The van der Waals surface area contributed by atoms with Gasteiger partial charge in [-0.3, -0.25) is 15.1 Å². The van der Waals surface area contributed by atoms with Gasteiger partial charge in [0.05, 0.1) is 4.92 Å². The minimum absolute atomic E-state index is 0.128. The van der Waals surface area contributed by atoms with E-state index in [1.165, 1.54) is 6.20 Å². The van der Waals surface area contributed by atoms with Gasteiger partial charge in [-0.1, -0.05) is 12.2 Å². The topological polar surface area (TPSA) is 108 Å². The molecule has 1 heterocycles. The summed E-state index contributed by atoms with van der Waals surface area (Å²) in [6.07, 6.45) is 6.80. The van der Waals surface area contributed by atoms with E-state index >= 15 is 0 Å². The quantitative estimate of drug-likeness (QED) is 0.565. The lowest BCUT2D eigenvalue weighted by Gasteiger charge is -1.99. The third kappa shape index (κ3) is 2.75. The number of pyridine rings is 1. The molecule has 0 amide bonds. The average molecular weight is 208 g/mol. The standard InChI is InChI=1S/C9H12N4O2/c10-4-2-1-3-7-5-12-6-8(9(7)11)13(14)15/h1,3,5-6H,2,4,10H2,(H2,11,12). The van der Waals surface area contributed by atoms with Crippen molar-refractivity contribution in [3.8, 4) is 0 Å². The molecule has 0 unspecified atom stereocenters. The van der Waals surface area contributed by atoms with Gasteiger partial charge >= 0.3 is 5.69 Å². The lowest BCUT2D eigenvalue weighted by atomic mass is 10.2. The molecule has 1 rings (SSSR count). The lowest BCUT2D eigenvalue weighted by Crippen LogP contribution is -1.99. The number of nitrogens with two attached hydrogens (primary N) is 2. The minimum Gasteiger partial charge on any atom is -0.393 e. The van der Waals surface area contributed by atoms with Gasteiger partial charge in [-0.25, -0.2) is 0 Å². The number of nitro groups is 1. The second-order valence-corrected chi connectivity index (χ2v) is 2.90. The summed E-state index contributed by atoms with van der Waals surface area (Å²) < 4.78 is 0. The summed E-state index contributed by atoms with van der Waals surface area (Å²) in [7, 11) is 0. The van der Waals surface area contributed by atoms with Gasteiger partial charge in [0.1, 0.15) is 11.9 Å². The van der Waals surface area contributed by atoms with E-state index in [1.807, 2.05) is 0 Å². The van der Waals surface area contributed by atoms with Crippen molar-refractivity contribution in [2.75, 3.05) is 12.3 Å². The molecule has 0 fully saturated rings. The van der Waals surface area contributed by atoms with Gasteiger partial charge in [0, 0.05) is 11.8 Å². The van der Waals surface area contributed by atoms with Crippen molar-refractivity contribution in [3.05, 3.63) is 34.1 Å². The second-order valence-electron chi connectivity index (χ2n) is 2.90. The van der Waals surface area contributed by atoms with E-state index in [9.17, 15) is 10.1 Å². The van der Waals surface area contributed by atoms with Crippen molar-refractivity contribution in [1.29, 1.82) is 0 Å². The highest BCUT2D eigenvalue weighted by Gasteiger charge is 2.13. The summed E-state index contributed by atoms with van der Waals surface area (Å²) in [5.74, 6) is 0. The molecule has 4 N–H and O–H groups in total. The third-order valence-electron chi connectivity index (χ3n) is 1.82. The molecule has 1 aromatic heterocycles. The SMILES string of the molecule is NCCC=Cc1cncc([N+](=O)[O-])c1N. The van der Waals surface area contributed by atoms with Gasteiger partial charge in [-0.05, 0) is 13.0 Å². The van der Waals surface area contributed by atoms with Crippen molar-refractivity contribution in [2.24, 2.45) is 5.73 Å². The summed E-state index contributed by atoms with van der Waals surface area (Å²) in [5.41, 5.74) is 11.4. The molecule has 0 aromatic carbocycles. The molecule has 0 atom stereocenters. The highest BCUT2D eigenvalue weighted by atomic mass is 16.6. The van der Waals surface area contributed by atoms with Crippen molar-refractivity contribution in [3.63, 3.8) is 0 Å². The molecule has 0 spiro atoms. The number of aromatic nitrogens is 1. The Kier molecular flexibility index (Phi) is 3.75. The van der Waals surface area contributed by atoms with Crippen molar-refractivity contribution >= 4 is 17.5 Å². The molecule has 1 aromatic rings. The maximum atomic E-state index is 10.5. The molecular formula is C9H12N4O2. The second kappa shape index (κ2) is 5.06. The van der Waals surface area contributed by atoms with E-state index in [1.54, 1.807) is 12.2 Å².